The Balaban J connectivity index is 2.82. The molecule has 1 rings (SSSR count). The van der Waals surface area contributed by atoms with Crippen LogP contribution < -0.4 is 5.73 Å². The molecule has 0 unspecified atom stereocenters. The monoisotopic (exact) mass is 181 g/mol. The maximum atomic E-state index is 12.2. The molecule has 0 bridgehead atoms. The van der Waals surface area contributed by atoms with Crippen LogP contribution in [0.15, 0.2) is 24.3 Å². The van der Waals surface area contributed by atoms with Crippen LogP contribution in [0.3, 0.4) is 0 Å². The summed E-state index contributed by atoms with van der Waals surface area (Å²) in [7, 11) is 0. The number of nitrogens with two attached hydrogens (primary N) is 1. The van der Waals surface area contributed by atoms with E-state index in [9.17, 15) is 9.18 Å². The number of halogens is 1. The van der Waals surface area contributed by atoms with Gasteiger partial charge in [0.1, 0.15) is 6.67 Å². The highest BCUT2D eigenvalue weighted by Crippen LogP contribution is 2.08. The van der Waals surface area contributed by atoms with E-state index in [-0.39, 0.29) is 5.78 Å². The van der Waals surface area contributed by atoms with Crippen molar-refractivity contribution < 1.29 is 9.18 Å². The molecule has 0 fully saturated rings. The first kappa shape index (κ1) is 9.86. The molecule has 3 heteroatoms. The number of carbonyl (C=O) groups excluding carboxylic acids is 1. The summed E-state index contributed by atoms with van der Waals surface area (Å²) in [5, 5.41) is 0. The number of rotatable bonds is 4. The minimum Gasteiger partial charge on any atom is -0.330 e. The smallest absolute Gasteiger partial charge is 0.164 e. The minimum absolute atomic E-state index is 0.0298. The van der Waals surface area contributed by atoms with E-state index in [1.54, 1.807) is 24.3 Å². The van der Waals surface area contributed by atoms with E-state index < -0.39 is 6.67 Å². The highest BCUT2D eigenvalue weighted by molar-refractivity contribution is 5.96. The minimum atomic E-state index is -0.538. The van der Waals surface area contributed by atoms with Crippen molar-refractivity contribution in [2.75, 3.05) is 6.54 Å². The lowest BCUT2D eigenvalue weighted by Gasteiger charge is -2.00. The molecule has 2 nitrogen and oxygen atoms in total. The average Bonchev–Trinajstić information content (AvgIpc) is 2.18. The van der Waals surface area contributed by atoms with Gasteiger partial charge in [-0.3, -0.25) is 4.79 Å². The fraction of sp³-hybridized carbons (Fsp3) is 0.300. The maximum Gasteiger partial charge on any atom is 0.164 e. The van der Waals surface area contributed by atoms with E-state index >= 15 is 0 Å². The Bertz CT molecular complexity index is 299. The number of ketones is 1. The summed E-state index contributed by atoms with van der Waals surface area (Å²) in [6.07, 6.45) is 0.315. The van der Waals surface area contributed by atoms with Gasteiger partial charge in [0.25, 0.3) is 0 Å². The predicted octanol–water partition coefficient (Wildman–Crippen LogP) is 1.69. The summed E-state index contributed by atoms with van der Waals surface area (Å²) in [5.41, 5.74) is 6.32. The quantitative estimate of drug-likeness (QED) is 0.718. The highest BCUT2D eigenvalue weighted by atomic mass is 19.1. The SMILES string of the molecule is NCCC(=O)c1cccc(CF)c1. The first-order valence-electron chi connectivity index (χ1n) is 4.16. The van der Waals surface area contributed by atoms with Crippen LogP contribution in [0.4, 0.5) is 4.39 Å². The van der Waals surface area contributed by atoms with Crippen LogP contribution in [0.1, 0.15) is 22.3 Å². The Hall–Kier alpha value is -1.22. The van der Waals surface area contributed by atoms with Gasteiger partial charge in [0.2, 0.25) is 0 Å². The van der Waals surface area contributed by atoms with Crippen LogP contribution in [-0.2, 0) is 6.67 Å². The van der Waals surface area contributed by atoms with Crippen molar-refractivity contribution in [3.05, 3.63) is 35.4 Å². The number of benzene rings is 1. The van der Waals surface area contributed by atoms with E-state index in [0.29, 0.717) is 24.1 Å². The van der Waals surface area contributed by atoms with E-state index in [1.165, 1.54) is 0 Å². The van der Waals surface area contributed by atoms with Crippen molar-refractivity contribution in [3.63, 3.8) is 0 Å². The van der Waals surface area contributed by atoms with Crippen molar-refractivity contribution in [2.45, 2.75) is 13.1 Å². The van der Waals surface area contributed by atoms with Gasteiger partial charge in [-0.25, -0.2) is 4.39 Å². The Morgan fingerprint density at radius 1 is 1.46 bits per heavy atom. The fourth-order valence-electron chi connectivity index (χ4n) is 1.10. The molecule has 0 spiro atoms. The summed E-state index contributed by atoms with van der Waals surface area (Å²) in [6, 6.07) is 6.58. The van der Waals surface area contributed by atoms with Crippen molar-refractivity contribution in [3.8, 4) is 0 Å². The lowest BCUT2D eigenvalue weighted by Crippen LogP contribution is -2.08. The van der Waals surface area contributed by atoms with Crippen LogP contribution in [0.25, 0.3) is 0 Å². The lowest BCUT2D eigenvalue weighted by atomic mass is 10.1. The fourth-order valence-corrected chi connectivity index (χ4v) is 1.10. The van der Waals surface area contributed by atoms with Gasteiger partial charge in [-0.15, -0.1) is 0 Å². The van der Waals surface area contributed by atoms with Gasteiger partial charge in [-0.2, -0.15) is 0 Å². The molecule has 1 aromatic carbocycles. The summed E-state index contributed by atoms with van der Waals surface area (Å²) >= 11 is 0. The molecule has 13 heavy (non-hydrogen) atoms. The van der Waals surface area contributed by atoms with Crippen LogP contribution in [-0.4, -0.2) is 12.3 Å². The zero-order valence-corrected chi connectivity index (χ0v) is 7.29. The number of alkyl halides is 1. The molecule has 0 aromatic heterocycles. The van der Waals surface area contributed by atoms with E-state index in [1.807, 2.05) is 0 Å². The van der Waals surface area contributed by atoms with Gasteiger partial charge >= 0.3 is 0 Å². The Morgan fingerprint density at radius 3 is 2.85 bits per heavy atom. The van der Waals surface area contributed by atoms with Crippen LogP contribution in [0, 0.1) is 0 Å². The predicted molar refractivity (Wildman–Crippen MR) is 49.3 cm³/mol. The van der Waals surface area contributed by atoms with Crippen molar-refractivity contribution >= 4 is 5.78 Å². The standard InChI is InChI=1S/C10H12FNO/c11-7-8-2-1-3-9(6-8)10(13)4-5-12/h1-3,6H,4-5,7,12H2. The number of Topliss-reactive ketones (excluding diaryl/α,β-unsaturated/α-hetero) is 1. The second kappa shape index (κ2) is 4.72. The highest BCUT2D eigenvalue weighted by Gasteiger charge is 2.04. The van der Waals surface area contributed by atoms with E-state index in [4.69, 9.17) is 5.73 Å². The van der Waals surface area contributed by atoms with Crippen LogP contribution in [0.2, 0.25) is 0 Å². The maximum absolute atomic E-state index is 12.2. The first-order chi connectivity index (χ1) is 6.27. The van der Waals surface area contributed by atoms with Gasteiger partial charge in [0, 0.05) is 12.0 Å². The molecule has 0 heterocycles. The molecule has 1 aromatic rings. The second-order valence-electron chi connectivity index (χ2n) is 2.80. The lowest BCUT2D eigenvalue weighted by molar-refractivity contribution is 0.0985. The van der Waals surface area contributed by atoms with Gasteiger partial charge in [0.05, 0.1) is 0 Å². The Morgan fingerprint density at radius 2 is 2.23 bits per heavy atom. The summed E-state index contributed by atoms with van der Waals surface area (Å²) in [6.45, 7) is -0.206. The molecule has 0 aliphatic rings. The molecule has 0 aliphatic carbocycles. The molecule has 0 saturated heterocycles. The third kappa shape index (κ3) is 2.63. The third-order valence-electron chi connectivity index (χ3n) is 1.77. The molecular formula is C10H12FNO. The molecular weight excluding hydrogens is 169 g/mol. The summed E-state index contributed by atoms with van der Waals surface area (Å²) < 4.78 is 12.2. The molecule has 0 aliphatic heterocycles. The second-order valence-corrected chi connectivity index (χ2v) is 2.80. The van der Waals surface area contributed by atoms with Crippen molar-refractivity contribution in [1.29, 1.82) is 0 Å². The van der Waals surface area contributed by atoms with Crippen LogP contribution in [0.5, 0.6) is 0 Å². The topological polar surface area (TPSA) is 43.1 Å². The van der Waals surface area contributed by atoms with Gasteiger partial charge < -0.3 is 5.73 Å². The molecule has 0 saturated carbocycles. The third-order valence-corrected chi connectivity index (χ3v) is 1.77. The van der Waals surface area contributed by atoms with Gasteiger partial charge in [0.15, 0.2) is 5.78 Å². The average molecular weight is 181 g/mol. The molecule has 2 N–H and O–H groups in total. The van der Waals surface area contributed by atoms with Crippen molar-refractivity contribution in [1.82, 2.24) is 0 Å². The number of hydrogen-bond acceptors (Lipinski definition) is 2. The Labute approximate surface area is 76.6 Å². The zero-order valence-electron chi connectivity index (χ0n) is 7.29. The van der Waals surface area contributed by atoms with E-state index in [2.05, 4.69) is 0 Å². The van der Waals surface area contributed by atoms with Gasteiger partial charge in [-0.05, 0) is 18.2 Å². The van der Waals surface area contributed by atoms with Crippen LogP contribution >= 0.6 is 0 Å². The number of carbonyl (C=O) groups is 1. The first-order valence-corrected chi connectivity index (χ1v) is 4.16. The molecule has 0 amide bonds. The summed E-state index contributed by atoms with van der Waals surface area (Å²) in [5.74, 6) is -0.0298. The number of hydrogen-bond donors (Lipinski definition) is 1. The van der Waals surface area contributed by atoms with Gasteiger partial charge in [-0.1, -0.05) is 18.2 Å². The largest absolute Gasteiger partial charge is 0.330 e. The Kier molecular flexibility index (Phi) is 3.58. The van der Waals surface area contributed by atoms with E-state index in [0.717, 1.165) is 0 Å². The van der Waals surface area contributed by atoms with Crippen molar-refractivity contribution in [2.24, 2.45) is 5.73 Å². The molecule has 70 valence electrons. The zero-order chi connectivity index (χ0) is 9.68. The summed E-state index contributed by atoms with van der Waals surface area (Å²) in [4.78, 5) is 11.3. The normalized spacial score (nSPS) is 10.0. The molecule has 0 radical (unpaired) electrons. The molecule has 0 atom stereocenters.